The maximum atomic E-state index is 5.68. The molecule has 0 amide bonds. The minimum Gasteiger partial charge on any atom is -0.493 e. The third kappa shape index (κ3) is 4.90. The molecular weight excluding hydrogens is 262 g/mol. The molecule has 0 fully saturated rings. The van der Waals surface area contributed by atoms with Gasteiger partial charge < -0.3 is 10.1 Å². The van der Waals surface area contributed by atoms with E-state index in [2.05, 4.69) is 42.6 Å². The Morgan fingerprint density at radius 1 is 1.19 bits per heavy atom. The largest absolute Gasteiger partial charge is 0.493 e. The lowest BCUT2D eigenvalue weighted by Gasteiger charge is -2.09. The van der Waals surface area contributed by atoms with Gasteiger partial charge in [0, 0.05) is 31.9 Å². The van der Waals surface area contributed by atoms with Gasteiger partial charge in [-0.3, -0.25) is 4.68 Å². The van der Waals surface area contributed by atoms with Gasteiger partial charge in [0.25, 0.3) is 0 Å². The molecule has 0 saturated heterocycles. The average molecular weight is 287 g/mol. The number of nitrogens with one attached hydrogen (secondary N) is 1. The molecule has 2 aromatic rings. The van der Waals surface area contributed by atoms with Crippen LogP contribution >= 0.6 is 0 Å². The molecule has 0 aliphatic rings. The molecule has 0 aliphatic heterocycles. The van der Waals surface area contributed by atoms with Crippen molar-refractivity contribution in [2.45, 2.75) is 33.9 Å². The molecule has 1 aromatic carbocycles. The second kappa shape index (κ2) is 7.27. The summed E-state index contributed by atoms with van der Waals surface area (Å²) in [6.45, 7) is 8.79. The molecule has 4 nitrogen and oxygen atoms in total. The van der Waals surface area contributed by atoms with E-state index in [1.807, 2.05) is 30.8 Å². The third-order valence-electron chi connectivity index (χ3n) is 3.27. The zero-order chi connectivity index (χ0) is 15.2. The number of benzene rings is 1. The Balaban J connectivity index is 1.79. The van der Waals surface area contributed by atoms with Crippen molar-refractivity contribution in [3.8, 4) is 5.75 Å². The quantitative estimate of drug-likeness (QED) is 0.850. The Morgan fingerprint density at radius 3 is 2.48 bits per heavy atom. The maximum Gasteiger partial charge on any atom is 0.119 e. The lowest BCUT2D eigenvalue weighted by molar-refractivity contribution is 0.271. The van der Waals surface area contributed by atoms with Crippen molar-refractivity contribution in [2.75, 3.05) is 6.61 Å². The smallest absolute Gasteiger partial charge is 0.119 e. The fourth-order valence-corrected chi connectivity index (χ4v) is 2.13. The lowest BCUT2D eigenvalue weighted by Crippen LogP contribution is -2.13. The summed E-state index contributed by atoms with van der Waals surface area (Å²) in [4.78, 5) is 0. The van der Waals surface area contributed by atoms with Gasteiger partial charge in [0.05, 0.1) is 12.3 Å². The van der Waals surface area contributed by atoms with Crippen LogP contribution in [0, 0.1) is 12.8 Å². The van der Waals surface area contributed by atoms with Crippen molar-refractivity contribution in [1.29, 1.82) is 0 Å². The average Bonchev–Trinajstić information content (AvgIpc) is 2.76. The molecule has 2 rings (SSSR count). The van der Waals surface area contributed by atoms with Crippen molar-refractivity contribution < 1.29 is 4.74 Å². The van der Waals surface area contributed by atoms with E-state index in [4.69, 9.17) is 4.74 Å². The first-order valence-electron chi connectivity index (χ1n) is 7.46. The summed E-state index contributed by atoms with van der Waals surface area (Å²) in [5.41, 5.74) is 3.59. The zero-order valence-electron chi connectivity index (χ0n) is 13.4. The normalized spacial score (nSPS) is 11.1. The summed E-state index contributed by atoms with van der Waals surface area (Å²) in [7, 11) is 1.95. The molecule has 0 spiro atoms. The van der Waals surface area contributed by atoms with Crippen molar-refractivity contribution in [1.82, 2.24) is 15.1 Å². The predicted octanol–water partition coefficient (Wildman–Crippen LogP) is 3.05. The number of rotatable bonds is 7. The van der Waals surface area contributed by atoms with Crippen LogP contribution in [0.2, 0.25) is 0 Å². The van der Waals surface area contributed by atoms with E-state index < -0.39 is 0 Å². The van der Waals surface area contributed by atoms with Crippen molar-refractivity contribution in [3.05, 3.63) is 47.3 Å². The highest BCUT2D eigenvalue weighted by molar-refractivity contribution is 5.27. The molecule has 114 valence electrons. The Hall–Kier alpha value is -1.81. The number of aryl methyl sites for hydroxylation is 2. The fraction of sp³-hybridized carbons (Fsp3) is 0.471. The Kier molecular flexibility index (Phi) is 5.39. The topological polar surface area (TPSA) is 39.1 Å². The van der Waals surface area contributed by atoms with E-state index in [0.29, 0.717) is 5.92 Å². The molecule has 4 heteroatoms. The summed E-state index contributed by atoms with van der Waals surface area (Å²) < 4.78 is 7.54. The summed E-state index contributed by atoms with van der Waals surface area (Å²) in [6, 6.07) is 8.29. The molecule has 0 bridgehead atoms. The number of hydrogen-bond acceptors (Lipinski definition) is 3. The summed E-state index contributed by atoms with van der Waals surface area (Å²) in [5, 5.41) is 7.79. The summed E-state index contributed by atoms with van der Waals surface area (Å²) in [5.74, 6) is 1.49. The van der Waals surface area contributed by atoms with Crippen LogP contribution in [0.1, 0.15) is 30.7 Å². The lowest BCUT2D eigenvalue weighted by atomic mass is 10.2. The minimum atomic E-state index is 0.550. The Labute approximate surface area is 127 Å². The van der Waals surface area contributed by atoms with Gasteiger partial charge >= 0.3 is 0 Å². The van der Waals surface area contributed by atoms with Crippen LogP contribution in [0.25, 0.3) is 0 Å². The Bertz CT molecular complexity index is 558. The van der Waals surface area contributed by atoms with Crippen LogP contribution in [-0.4, -0.2) is 16.4 Å². The SMILES string of the molecule is Cc1nn(C)cc1CNCc1ccc(OCC(C)C)cc1. The first kappa shape index (κ1) is 15.6. The van der Waals surface area contributed by atoms with E-state index >= 15 is 0 Å². The van der Waals surface area contributed by atoms with Gasteiger partial charge in [0.2, 0.25) is 0 Å². The van der Waals surface area contributed by atoms with Crippen LogP contribution in [0.15, 0.2) is 30.5 Å². The minimum absolute atomic E-state index is 0.550. The van der Waals surface area contributed by atoms with Crippen molar-refractivity contribution in [2.24, 2.45) is 13.0 Å². The number of hydrogen-bond donors (Lipinski definition) is 1. The first-order chi connectivity index (χ1) is 10.0. The van der Waals surface area contributed by atoms with Crippen LogP contribution in [-0.2, 0) is 20.1 Å². The van der Waals surface area contributed by atoms with Gasteiger partial charge in [-0.15, -0.1) is 0 Å². The monoisotopic (exact) mass is 287 g/mol. The second-order valence-corrected chi connectivity index (χ2v) is 5.87. The van der Waals surface area contributed by atoms with Gasteiger partial charge in [0.1, 0.15) is 5.75 Å². The summed E-state index contributed by atoms with van der Waals surface area (Å²) >= 11 is 0. The molecule has 0 aliphatic carbocycles. The van der Waals surface area contributed by atoms with Gasteiger partial charge in [-0.1, -0.05) is 26.0 Å². The molecular formula is C17H25N3O. The predicted molar refractivity (Wildman–Crippen MR) is 85.3 cm³/mol. The van der Waals surface area contributed by atoms with E-state index in [9.17, 15) is 0 Å². The molecule has 1 heterocycles. The standard InChI is InChI=1S/C17H25N3O/c1-13(2)12-21-17-7-5-15(6-8-17)9-18-10-16-11-20(4)19-14(16)3/h5-8,11,13,18H,9-10,12H2,1-4H3. The van der Waals surface area contributed by atoms with E-state index in [-0.39, 0.29) is 0 Å². The zero-order valence-corrected chi connectivity index (χ0v) is 13.4. The van der Waals surface area contributed by atoms with Gasteiger partial charge in [0.15, 0.2) is 0 Å². The molecule has 0 unspecified atom stereocenters. The van der Waals surface area contributed by atoms with E-state index in [0.717, 1.165) is 31.1 Å². The van der Waals surface area contributed by atoms with Gasteiger partial charge in [-0.25, -0.2) is 0 Å². The number of nitrogens with zero attached hydrogens (tertiary/aromatic N) is 2. The van der Waals surface area contributed by atoms with Crippen LogP contribution in [0.5, 0.6) is 5.75 Å². The molecule has 0 saturated carbocycles. The highest BCUT2D eigenvalue weighted by Gasteiger charge is 2.02. The fourth-order valence-electron chi connectivity index (χ4n) is 2.13. The van der Waals surface area contributed by atoms with Crippen molar-refractivity contribution >= 4 is 0 Å². The highest BCUT2D eigenvalue weighted by atomic mass is 16.5. The Morgan fingerprint density at radius 2 is 1.90 bits per heavy atom. The van der Waals surface area contributed by atoms with Crippen LogP contribution in [0.4, 0.5) is 0 Å². The molecule has 0 atom stereocenters. The van der Waals surface area contributed by atoms with E-state index in [1.165, 1.54) is 11.1 Å². The molecule has 1 aromatic heterocycles. The first-order valence-corrected chi connectivity index (χ1v) is 7.46. The third-order valence-corrected chi connectivity index (χ3v) is 3.27. The molecule has 21 heavy (non-hydrogen) atoms. The highest BCUT2D eigenvalue weighted by Crippen LogP contribution is 2.13. The molecule has 0 radical (unpaired) electrons. The van der Waals surface area contributed by atoms with Crippen molar-refractivity contribution in [3.63, 3.8) is 0 Å². The van der Waals surface area contributed by atoms with Gasteiger partial charge in [-0.2, -0.15) is 5.10 Å². The maximum absolute atomic E-state index is 5.68. The molecule has 1 N–H and O–H groups in total. The summed E-state index contributed by atoms with van der Waals surface area (Å²) in [6.07, 6.45) is 2.06. The number of aromatic nitrogens is 2. The second-order valence-electron chi connectivity index (χ2n) is 5.87. The van der Waals surface area contributed by atoms with Crippen LogP contribution in [0.3, 0.4) is 0 Å². The van der Waals surface area contributed by atoms with Gasteiger partial charge in [-0.05, 0) is 30.5 Å². The van der Waals surface area contributed by atoms with E-state index in [1.54, 1.807) is 0 Å². The number of ether oxygens (including phenoxy) is 1. The van der Waals surface area contributed by atoms with Crippen LogP contribution < -0.4 is 10.1 Å².